The number of carbonyl (C=O) groups is 7. The van der Waals surface area contributed by atoms with Crippen LogP contribution in [0.3, 0.4) is 0 Å². The third-order valence-corrected chi connectivity index (χ3v) is 0. The maximum Gasteiger partial charge on any atom is 0 e. The van der Waals surface area contributed by atoms with E-state index in [0.29, 0.717) is 0 Å². The van der Waals surface area contributed by atoms with E-state index in [1.807, 2.05) is 0 Å². The van der Waals surface area contributed by atoms with Crippen molar-refractivity contribution in [2.45, 2.75) is 0 Å². The van der Waals surface area contributed by atoms with Crippen molar-refractivity contribution in [1.82, 2.24) is 0 Å². The molecule has 0 N–H and O–H groups in total. The van der Waals surface area contributed by atoms with Gasteiger partial charge in [0.05, 0.1) is 0 Å². The summed E-state index contributed by atoms with van der Waals surface area (Å²) in [5.74, 6) is 0. The number of carbonyl (C=O) groups excluding carboxylic acids is 7. The molecule has 0 atom stereocenters. The Labute approximate surface area is 189 Å². The fraction of sp³-hybridized carbons (Fsp3) is 0. The van der Waals surface area contributed by atoms with E-state index in [4.69, 9.17) is 105 Å². The Kier molecular flexibility index (Phi) is 93.5. The van der Waals surface area contributed by atoms with Crippen LogP contribution in [0.15, 0.2) is 0 Å². The van der Waals surface area contributed by atoms with E-state index in [1.165, 1.54) is 0 Å². The van der Waals surface area contributed by atoms with Gasteiger partial charge in [-0.15, -0.1) is 0 Å². The topological polar surface area (TPSA) is 442 Å². The molecular formula is C7O21Re2-14. The van der Waals surface area contributed by atoms with Gasteiger partial charge in [0.2, 0.25) is 0 Å². The fourth-order valence-electron chi connectivity index (χ4n) is 0. The van der Waals surface area contributed by atoms with Gasteiger partial charge < -0.3 is 105 Å². The minimum absolute atomic E-state index is 0. The van der Waals surface area contributed by atoms with Crippen molar-refractivity contribution < 1.29 is 146 Å². The molecule has 182 valence electrons. The van der Waals surface area contributed by atoms with Crippen molar-refractivity contribution in [3.63, 3.8) is 0 Å². The van der Waals surface area contributed by atoms with Crippen molar-refractivity contribution in [2.24, 2.45) is 0 Å². The maximum atomic E-state index is 8.33. The summed E-state index contributed by atoms with van der Waals surface area (Å²) in [6, 6.07) is 0. The average molecular weight is 792 g/mol. The molecule has 0 aliphatic carbocycles. The zero-order valence-electron chi connectivity index (χ0n) is 12.8. The summed E-state index contributed by atoms with van der Waals surface area (Å²) in [6.45, 7) is 0. The van der Waals surface area contributed by atoms with Crippen LogP contribution in [-0.2, 0) is 40.8 Å². The van der Waals surface area contributed by atoms with Crippen LogP contribution in [0.5, 0.6) is 0 Å². The Morgan fingerprint density at radius 2 is 0.233 bits per heavy atom. The van der Waals surface area contributed by atoms with Crippen LogP contribution in [0.25, 0.3) is 0 Å². The molecule has 0 rings (SSSR count). The molecule has 0 bridgehead atoms. The van der Waals surface area contributed by atoms with E-state index in [1.54, 1.807) is 0 Å². The Morgan fingerprint density at radius 3 is 0.233 bits per heavy atom. The molecular weight excluding hydrogens is 792 g/mol. The van der Waals surface area contributed by atoms with E-state index in [2.05, 4.69) is 0 Å². The zero-order valence-corrected chi connectivity index (χ0v) is 18.3. The van der Waals surface area contributed by atoms with Gasteiger partial charge in [0.1, 0.15) is 0 Å². The molecule has 0 aliphatic rings. The van der Waals surface area contributed by atoms with Crippen molar-refractivity contribution in [3.8, 4) is 0 Å². The molecule has 0 aromatic heterocycles. The number of rotatable bonds is 0. The molecule has 30 heavy (non-hydrogen) atoms. The Morgan fingerprint density at radius 1 is 0.233 bits per heavy atom. The summed E-state index contributed by atoms with van der Waals surface area (Å²) in [6.07, 6.45) is -16.3. The molecule has 0 amide bonds. The summed E-state index contributed by atoms with van der Waals surface area (Å²) in [5, 5.41) is 117. The minimum Gasteiger partial charge on any atom is -0.652 e. The summed E-state index contributed by atoms with van der Waals surface area (Å²) < 4.78 is 0. The van der Waals surface area contributed by atoms with Gasteiger partial charge in [0.25, 0.3) is 0 Å². The van der Waals surface area contributed by atoms with Gasteiger partial charge in [0, 0.05) is 40.8 Å². The van der Waals surface area contributed by atoms with Gasteiger partial charge in [-0.3, -0.25) is 0 Å². The van der Waals surface area contributed by atoms with Gasteiger partial charge in [-0.05, 0) is 43.1 Å². The molecule has 0 spiro atoms. The van der Waals surface area contributed by atoms with Crippen LogP contribution in [0, 0.1) is 0 Å². The monoisotopic (exact) mass is 794 g/mol. The Balaban J connectivity index is -0.0000000242. The quantitative estimate of drug-likeness (QED) is 0.220. The van der Waals surface area contributed by atoms with Gasteiger partial charge in [-0.2, -0.15) is 0 Å². The summed E-state index contributed by atoms with van der Waals surface area (Å²) >= 11 is 0. The van der Waals surface area contributed by atoms with Crippen LogP contribution >= 0.6 is 0 Å². The summed E-state index contributed by atoms with van der Waals surface area (Å²) in [5.41, 5.74) is 0. The second kappa shape index (κ2) is 49.9. The number of carboxylic acid groups (broad SMARTS) is 14. The molecule has 0 aromatic rings. The standard InChI is InChI=1S/7CH2O3.2Re/c7*2-1(3)4;;/h7*(H2,2,3,4);;/p-14. The van der Waals surface area contributed by atoms with E-state index in [9.17, 15) is 0 Å². The molecule has 0 saturated heterocycles. The largest absolute Gasteiger partial charge is 0.652 e. The smallest absolute Gasteiger partial charge is 0 e. The van der Waals surface area contributed by atoms with Gasteiger partial charge in [-0.25, -0.2) is 0 Å². The first-order valence-electron chi connectivity index (χ1n) is 4.29. The van der Waals surface area contributed by atoms with Crippen LogP contribution in [0.4, 0.5) is 33.6 Å². The van der Waals surface area contributed by atoms with Crippen molar-refractivity contribution in [1.29, 1.82) is 0 Å². The summed E-state index contributed by atoms with van der Waals surface area (Å²) in [7, 11) is 0. The third kappa shape index (κ3) is 911. The van der Waals surface area contributed by atoms with Crippen LogP contribution in [-0.4, -0.2) is 43.1 Å². The minimum atomic E-state index is -2.33. The van der Waals surface area contributed by atoms with Gasteiger partial charge in [-0.1, -0.05) is 0 Å². The van der Waals surface area contributed by atoms with E-state index < -0.39 is 43.1 Å². The van der Waals surface area contributed by atoms with Crippen molar-refractivity contribution >= 4 is 43.1 Å². The molecule has 23 heteroatoms. The van der Waals surface area contributed by atoms with Gasteiger partial charge >= 0.3 is 0 Å². The molecule has 0 heterocycles. The maximum absolute atomic E-state index is 8.33. The van der Waals surface area contributed by atoms with Crippen LogP contribution in [0.1, 0.15) is 0 Å². The number of hydrogen-bond acceptors (Lipinski definition) is 21. The Bertz CT molecular complexity index is 312. The van der Waals surface area contributed by atoms with E-state index in [0.717, 1.165) is 0 Å². The average Bonchev–Trinajstić information content (AvgIpc) is 2.20. The first-order valence-corrected chi connectivity index (χ1v) is 4.29. The molecule has 0 aliphatic heterocycles. The van der Waals surface area contributed by atoms with Crippen LogP contribution in [0.2, 0.25) is 0 Å². The third-order valence-electron chi connectivity index (χ3n) is 0. The SMILES string of the molecule is O=C([O-])[O-].O=C([O-])[O-].O=C([O-])[O-].O=C([O-])[O-].O=C([O-])[O-].O=C([O-])[O-].O=C([O-])[O-].[Re].[Re]. The molecule has 21 nitrogen and oxygen atoms in total. The predicted octanol–water partition coefficient (Wildman–Crippen LogP) is -17.1. The normalized spacial score (nSPS) is 5.60. The van der Waals surface area contributed by atoms with Gasteiger partial charge in [0.15, 0.2) is 0 Å². The number of hydrogen-bond donors (Lipinski definition) is 0. The van der Waals surface area contributed by atoms with E-state index >= 15 is 0 Å². The molecule has 0 fully saturated rings. The van der Waals surface area contributed by atoms with Crippen LogP contribution < -0.4 is 71.5 Å². The molecule has 0 saturated carbocycles. The molecule has 0 aromatic carbocycles. The fourth-order valence-corrected chi connectivity index (χ4v) is 0. The molecule has 2 radical (unpaired) electrons. The second-order valence-electron chi connectivity index (χ2n) is 1.75. The van der Waals surface area contributed by atoms with Crippen molar-refractivity contribution in [2.75, 3.05) is 0 Å². The molecule has 0 unspecified atom stereocenters. The zero-order chi connectivity index (χ0) is 25.0. The predicted molar refractivity (Wildman–Crippen MR) is 37.8 cm³/mol. The van der Waals surface area contributed by atoms with Crippen molar-refractivity contribution in [3.05, 3.63) is 0 Å². The first-order chi connectivity index (χ1) is 12.1. The van der Waals surface area contributed by atoms with E-state index in [-0.39, 0.29) is 40.8 Å². The first kappa shape index (κ1) is 56.2. The Hall–Kier alpha value is -3.79. The second-order valence-corrected chi connectivity index (χ2v) is 1.75. The summed E-state index contributed by atoms with van der Waals surface area (Å²) in [4.78, 5) is 58.3.